The molecule has 0 aliphatic carbocycles. The Balaban J connectivity index is 2.16. The van der Waals surface area contributed by atoms with E-state index in [9.17, 15) is 8.42 Å². The molecule has 0 aromatic heterocycles. The number of nitrogens with one attached hydrogen (secondary N) is 1. The summed E-state index contributed by atoms with van der Waals surface area (Å²) in [5, 5.41) is 12.1. The van der Waals surface area contributed by atoms with E-state index in [1.807, 2.05) is 13.8 Å². The van der Waals surface area contributed by atoms with Crippen molar-refractivity contribution in [2.75, 3.05) is 18.1 Å². The lowest BCUT2D eigenvalue weighted by Crippen LogP contribution is -2.31. The maximum Gasteiger partial charge on any atom is 0.151 e. The van der Waals surface area contributed by atoms with Gasteiger partial charge >= 0.3 is 0 Å². The SMILES string of the molecule is CC(C)(C#N)CCCNC1CCS(=O)(=O)C1. The van der Waals surface area contributed by atoms with E-state index in [-0.39, 0.29) is 17.2 Å². The molecule has 1 fully saturated rings. The summed E-state index contributed by atoms with van der Waals surface area (Å²) in [6, 6.07) is 2.38. The molecule has 0 bridgehead atoms. The maximum absolute atomic E-state index is 11.2. The molecule has 0 aromatic rings. The van der Waals surface area contributed by atoms with Gasteiger partial charge in [-0.25, -0.2) is 8.42 Å². The number of sulfone groups is 1. The zero-order valence-electron chi connectivity index (χ0n) is 9.99. The Hall–Kier alpha value is -0.600. The summed E-state index contributed by atoms with van der Waals surface area (Å²) < 4.78 is 22.4. The standard InChI is InChI=1S/C11H20N2O2S/c1-11(2,9-12)5-3-6-13-10-4-7-16(14,15)8-10/h10,13H,3-8H2,1-2H3. The summed E-state index contributed by atoms with van der Waals surface area (Å²) >= 11 is 0. The van der Waals surface area contributed by atoms with Gasteiger partial charge in [-0.3, -0.25) is 0 Å². The van der Waals surface area contributed by atoms with Crippen molar-refractivity contribution in [1.82, 2.24) is 5.32 Å². The van der Waals surface area contributed by atoms with Crippen LogP contribution in [0, 0.1) is 16.7 Å². The molecule has 1 unspecified atom stereocenters. The Morgan fingerprint density at radius 1 is 1.50 bits per heavy atom. The molecule has 1 aliphatic heterocycles. The zero-order valence-corrected chi connectivity index (χ0v) is 10.8. The summed E-state index contributed by atoms with van der Waals surface area (Å²) in [7, 11) is -2.78. The van der Waals surface area contributed by atoms with Crippen LogP contribution in [0.4, 0.5) is 0 Å². The van der Waals surface area contributed by atoms with Gasteiger partial charge in [-0.15, -0.1) is 0 Å². The van der Waals surface area contributed by atoms with Gasteiger partial charge in [0.1, 0.15) is 0 Å². The fraction of sp³-hybridized carbons (Fsp3) is 0.909. The van der Waals surface area contributed by atoms with E-state index in [0.29, 0.717) is 5.75 Å². The molecule has 1 rings (SSSR count). The van der Waals surface area contributed by atoms with Crippen molar-refractivity contribution in [2.24, 2.45) is 5.41 Å². The van der Waals surface area contributed by atoms with E-state index in [1.54, 1.807) is 0 Å². The van der Waals surface area contributed by atoms with Gasteiger partial charge in [0.2, 0.25) is 0 Å². The van der Waals surface area contributed by atoms with Gasteiger partial charge in [0, 0.05) is 6.04 Å². The highest BCUT2D eigenvalue weighted by Gasteiger charge is 2.27. The van der Waals surface area contributed by atoms with Crippen LogP contribution < -0.4 is 5.32 Å². The molecule has 0 aromatic carbocycles. The Labute approximate surface area is 98.0 Å². The van der Waals surface area contributed by atoms with Crippen molar-refractivity contribution < 1.29 is 8.42 Å². The van der Waals surface area contributed by atoms with Crippen molar-refractivity contribution in [3.8, 4) is 6.07 Å². The topological polar surface area (TPSA) is 70.0 Å². The van der Waals surface area contributed by atoms with Crippen LogP contribution in [-0.2, 0) is 9.84 Å². The van der Waals surface area contributed by atoms with Gasteiger partial charge in [-0.1, -0.05) is 0 Å². The van der Waals surface area contributed by atoms with Crippen molar-refractivity contribution in [2.45, 2.75) is 39.2 Å². The fourth-order valence-electron chi connectivity index (χ4n) is 1.85. The summed E-state index contributed by atoms with van der Waals surface area (Å²) in [4.78, 5) is 0. The minimum Gasteiger partial charge on any atom is -0.313 e. The van der Waals surface area contributed by atoms with E-state index < -0.39 is 9.84 Å². The van der Waals surface area contributed by atoms with Gasteiger partial charge < -0.3 is 5.32 Å². The second kappa shape index (κ2) is 5.15. The normalized spacial score (nSPS) is 24.2. The predicted molar refractivity (Wildman–Crippen MR) is 63.7 cm³/mol. The number of hydrogen-bond donors (Lipinski definition) is 1. The molecular formula is C11H20N2O2S. The summed E-state index contributed by atoms with van der Waals surface area (Å²) in [5.74, 6) is 0.586. The second-order valence-electron chi connectivity index (χ2n) is 5.15. The largest absolute Gasteiger partial charge is 0.313 e. The van der Waals surface area contributed by atoms with E-state index in [2.05, 4.69) is 11.4 Å². The van der Waals surface area contributed by atoms with Gasteiger partial charge in [0.15, 0.2) is 9.84 Å². The lowest BCUT2D eigenvalue weighted by atomic mass is 9.90. The first-order valence-electron chi connectivity index (χ1n) is 5.70. The van der Waals surface area contributed by atoms with E-state index in [1.165, 1.54) is 0 Å². The molecule has 1 aliphatic rings. The minimum absolute atomic E-state index is 0.121. The summed E-state index contributed by atoms with van der Waals surface area (Å²) in [6.45, 7) is 4.64. The molecule has 4 nitrogen and oxygen atoms in total. The van der Waals surface area contributed by atoms with Crippen LogP contribution in [0.15, 0.2) is 0 Å². The molecule has 0 radical (unpaired) electrons. The van der Waals surface area contributed by atoms with Crippen LogP contribution in [0.25, 0.3) is 0 Å². The third-order valence-electron chi connectivity index (χ3n) is 2.95. The highest BCUT2D eigenvalue weighted by Crippen LogP contribution is 2.20. The summed E-state index contributed by atoms with van der Waals surface area (Å²) in [5.41, 5.74) is -0.274. The maximum atomic E-state index is 11.2. The Kier molecular flexibility index (Phi) is 4.34. The molecule has 5 heteroatoms. The number of nitrogens with zero attached hydrogens (tertiary/aromatic N) is 1. The first-order chi connectivity index (χ1) is 7.35. The second-order valence-corrected chi connectivity index (χ2v) is 7.38. The lowest BCUT2D eigenvalue weighted by molar-refractivity contribution is 0.416. The molecule has 1 heterocycles. The van der Waals surface area contributed by atoms with Crippen LogP contribution in [-0.4, -0.2) is 32.5 Å². The van der Waals surface area contributed by atoms with Crippen molar-refractivity contribution in [1.29, 1.82) is 5.26 Å². The molecule has 0 spiro atoms. The third-order valence-corrected chi connectivity index (χ3v) is 4.71. The highest BCUT2D eigenvalue weighted by molar-refractivity contribution is 7.91. The van der Waals surface area contributed by atoms with Crippen molar-refractivity contribution in [3.05, 3.63) is 0 Å². The molecular weight excluding hydrogens is 224 g/mol. The Morgan fingerprint density at radius 2 is 2.19 bits per heavy atom. The van der Waals surface area contributed by atoms with E-state index >= 15 is 0 Å². The van der Waals surface area contributed by atoms with Crippen LogP contribution >= 0.6 is 0 Å². The van der Waals surface area contributed by atoms with Crippen LogP contribution in [0.2, 0.25) is 0 Å². The van der Waals surface area contributed by atoms with Crippen LogP contribution in [0.3, 0.4) is 0 Å². The van der Waals surface area contributed by atoms with Crippen molar-refractivity contribution >= 4 is 9.84 Å². The fourth-order valence-corrected chi connectivity index (χ4v) is 3.56. The smallest absolute Gasteiger partial charge is 0.151 e. The molecule has 16 heavy (non-hydrogen) atoms. The quantitative estimate of drug-likeness (QED) is 0.735. The Bertz CT molecular complexity index is 368. The van der Waals surface area contributed by atoms with E-state index in [0.717, 1.165) is 25.8 Å². The van der Waals surface area contributed by atoms with Gasteiger partial charge in [-0.2, -0.15) is 5.26 Å². The van der Waals surface area contributed by atoms with Gasteiger partial charge in [-0.05, 0) is 39.7 Å². The van der Waals surface area contributed by atoms with Crippen molar-refractivity contribution in [3.63, 3.8) is 0 Å². The van der Waals surface area contributed by atoms with Gasteiger partial charge in [0.25, 0.3) is 0 Å². The third kappa shape index (κ3) is 4.50. The summed E-state index contributed by atoms with van der Waals surface area (Å²) in [6.07, 6.45) is 2.48. The molecule has 0 saturated carbocycles. The zero-order chi connectivity index (χ0) is 12.2. The first kappa shape index (κ1) is 13.5. The first-order valence-corrected chi connectivity index (χ1v) is 7.52. The van der Waals surface area contributed by atoms with Crippen LogP contribution in [0.5, 0.6) is 0 Å². The Morgan fingerprint density at radius 3 is 2.69 bits per heavy atom. The van der Waals surface area contributed by atoms with Gasteiger partial charge in [0.05, 0.1) is 23.0 Å². The predicted octanol–water partition coefficient (Wildman–Crippen LogP) is 1.09. The average molecular weight is 244 g/mol. The van der Waals surface area contributed by atoms with Crippen LogP contribution in [0.1, 0.15) is 33.1 Å². The minimum atomic E-state index is -2.78. The number of hydrogen-bond acceptors (Lipinski definition) is 4. The number of nitriles is 1. The molecule has 0 amide bonds. The number of rotatable bonds is 5. The monoisotopic (exact) mass is 244 g/mol. The van der Waals surface area contributed by atoms with E-state index in [4.69, 9.17) is 5.26 Å². The average Bonchev–Trinajstić information content (AvgIpc) is 2.53. The molecule has 1 N–H and O–H groups in total. The molecule has 1 atom stereocenters. The lowest BCUT2D eigenvalue weighted by Gasteiger charge is -2.16. The molecule has 1 saturated heterocycles. The molecule has 92 valence electrons. The highest BCUT2D eigenvalue weighted by atomic mass is 32.2.